The number of pyridine rings is 1. The number of carbonyl (C=O) groups excluding carboxylic acids is 1. The summed E-state index contributed by atoms with van der Waals surface area (Å²) in [4.78, 5) is 18.3. The minimum atomic E-state index is -0.0191. The molecule has 0 unspecified atom stereocenters. The summed E-state index contributed by atoms with van der Waals surface area (Å²) in [7, 11) is 0. The molecule has 1 amide bonds. The van der Waals surface area contributed by atoms with E-state index in [0.29, 0.717) is 11.5 Å². The van der Waals surface area contributed by atoms with Crippen LogP contribution in [0.25, 0.3) is 0 Å². The number of carbonyl (C=O) groups is 1. The van der Waals surface area contributed by atoms with Crippen LogP contribution < -0.4 is 0 Å². The van der Waals surface area contributed by atoms with Crippen molar-refractivity contribution in [1.82, 2.24) is 9.88 Å². The van der Waals surface area contributed by atoms with Gasteiger partial charge in [0.15, 0.2) is 0 Å². The number of hydrogen-bond donors (Lipinski definition) is 0. The number of benzene rings is 1. The van der Waals surface area contributed by atoms with Gasteiger partial charge in [0, 0.05) is 18.7 Å². The third-order valence-electron chi connectivity index (χ3n) is 4.28. The molecule has 1 aliphatic rings. The number of piperidine rings is 1. The average molecular weight is 349 g/mol. The third-order valence-corrected chi connectivity index (χ3v) is 4.67. The van der Waals surface area contributed by atoms with E-state index < -0.39 is 0 Å². The lowest BCUT2D eigenvalue weighted by atomic mass is 9.90. The molecule has 0 spiro atoms. The largest absolute Gasteiger partial charge is 0.339 e. The molecular weight excluding hydrogens is 331 g/mol. The molecule has 3 rings (SSSR count). The van der Waals surface area contributed by atoms with Gasteiger partial charge < -0.3 is 4.90 Å². The van der Waals surface area contributed by atoms with E-state index in [-0.39, 0.29) is 16.2 Å². The Hall–Kier alpha value is -1.58. The molecule has 2 aromatic rings. The molecule has 0 saturated carbocycles. The maximum atomic E-state index is 12.6. The summed E-state index contributed by atoms with van der Waals surface area (Å²) < 4.78 is 0. The molecule has 1 aromatic heterocycles. The van der Waals surface area contributed by atoms with E-state index in [1.54, 1.807) is 12.1 Å². The van der Waals surface area contributed by atoms with E-state index in [2.05, 4.69) is 29.2 Å². The molecule has 1 saturated heterocycles. The molecular formula is C18H18Cl2N2O. The summed E-state index contributed by atoms with van der Waals surface area (Å²) in [6.45, 7) is 1.54. The summed E-state index contributed by atoms with van der Waals surface area (Å²) in [5.74, 6) is 0.612. The maximum Gasteiger partial charge on any atom is 0.254 e. The van der Waals surface area contributed by atoms with Gasteiger partial charge in [0.05, 0.1) is 0 Å². The van der Waals surface area contributed by atoms with Crippen molar-refractivity contribution >= 4 is 29.1 Å². The summed E-state index contributed by atoms with van der Waals surface area (Å²) in [6, 6.07) is 13.7. The smallest absolute Gasteiger partial charge is 0.254 e. The van der Waals surface area contributed by atoms with Crippen molar-refractivity contribution in [3.05, 3.63) is 63.9 Å². The van der Waals surface area contributed by atoms with E-state index >= 15 is 0 Å². The van der Waals surface area contributed by atoms with E-state index in [0.717, 1.165) is 32.4 Å². The molecule has 0 bridgehead atoms. The van der Waals surface area contributed by atoms with Crippen LogP contribution >= 0.6 is 23.2 Å². The highest BCUT2D eigenvalue weighted by atomic mass is 35.5. The highest BCUT2D eigenvalue weighted by molar-refractivity contribution is 6.33. The predicted octanol–water partition coefficient (Wildman–Crippen LogP) is 4.48. The summed E-state index contributed by atoms with van der Waals surface area (Å²) >= 11 is 11.8. The first-order valence-electron chi connectivity index (χ1n) is 7.78. The Morgan fingerprint density at radius 2 is 1.70 bits per heavy atom. The van der Waals surface area contributed by atoms with Crippen molar-refractivity contribution in [2.24, 2.45) is 5.92 Å². The van der Waals surface area contributed by atoms with Gasteiger partial charge in [-0.25, -0.2) is 4.98 Å². The lowest BCUT2D eigenvalue weighted by Crippen LogP contribution is -2.38. The zero-order valence-electron chi connectivity index (χ0n) is 12.7. The van der Waals surface area contributed by atoms with Gasteiger partial charge in [-0.15, -0.1) is 0 Å². The Morgan fingerprint density at radius 1 is 1.09 bits per heavy atom. The second-order valence-electron chi connectivity index (χ2n) is 5.93. The first kappa shape index (κ1) is 16.3. The van der Waals surface area contributed by atoms with Gasteiger partial charge in [-0.3, -0.25) is 4.79 Å². The lowest BCUT2D eigenvalue weighted by Gasteiger charge is -2.32. The normalized spacial score (nSPS) is 15.7. The summed E-state index contributed by atoms with van der Waals surface area (Å²) in [5, 5.41) is 0.500. The molecule has 120 valence electrons. The van der Waals surface area contributed by atoms with Crippen molar-refractivity contribution < 1.29 is 4.79 Å². The molecule has 0 radical (unpaired) electrons. The van der Waals surface area contributed by atoms with Crippen molar-refractivity contribution in [3.63, 3.8) is 0 Å². The Bertz CT molecular complexity index is 662. The van der Waals surface area contributed by atoms with Crippen LogP contribution in [0, 0.1) is 5.92 Å². The quantitative estimate of drug-likeness (QED) is 0.766. The SMILES string of the molecule is O=C(c1cc(Cl)nc(Cl)c1)N1CCC(Cc2ccccc2)CC1. The molecule has 0 N–H and O–H groups in total. The molecule has 1 aromatic carbocycles. The first-order valence-corrected chi connectivity index (χ1v) is 8.53. The second-order valence-corrected chi connectivity index (χ2v) is 6.70. The topological polar surface area (TPSA) is 33.2 Å². The van der Waals surface area contributed by atoms with Crippen LogP contribution in [0.2, 0.25) is 10.3 Å². The van der Waals surface area contributed by atoms with Gasteiger partial charge in [0.1, 0.15) is 10.3 Å². The molecule has 1 fully saturated rings. The first-order chi connectivity index (χ1) is 11.1. The Morgan fingerprint density at radius 3 is 2.30 bits per heavy atom. The Kier molecular flexibility index (Phi) is 5.19. The zero-order valence-corrected chi connectivity index (χ0v) is 14.2. The lowest BCUT2D eigenvalue weighted by molar-refractivity contribution is 0.0690. The number of halogens is 2. The summed E-state index contributed by atoms with van der Waals surface area (Å²) in [5.41, 5.74) is 1.88. The average Bonchev–Trinajstić information content (AvgIpc) is 2.55. The fourth-order valence-corrected chi connectivity index (χ4v) is 3.52. The standard InChI is InChI=1S/C18H18Cl2N2O/c19-16-11-15(12-17(20)21-16)18(23)22-8-6-14(7-9-22)10-13-4-2-1-3-5-13/h1-5,11-12,14H,6-10H2. The van der Waals surface area contributed by atoms with E-state index in [4.69, 9.17) is 23.2 Å². The number of nitrogens with zero attached hydrogens (tertiary/aromatic N) is 2. The molecule has 0 aliphatic carbocycles. The number of likely N-dealkylation sites (tertiary alicyclic amines) is 1. The highest BCUT2D eigenvalue weighted by Crippen LogP contribution is 2.24. The van der Waals surface area contributed by atoms with Crippen LogP contribution in [0.15, 0.2) is 42.5 Å². The van der Waals surface area contributed by atoms with Gasteiger partial charge in [0.25, 0.3) is 5.91 Å². The van der Waals surface area contributed by atoms with Crippen LogP contribution in [0.4, 0.5) is 0 Å². The van der Waals surface area contributed by atoms with E-state index in [1.807, 2.05) is 11.0 Å². The second kappa shape index (κ2) is 7.33. The van der Waals surface area contributed by atoms with E-state index in [1.165, 1.54) is 5.56 Å². The van der Waals surface area contributed by atoms with Crippen LogP contribution in [0.5, 0.6) is 0 Å². The van der Waals surface area contributed by atoms with Crippen LogP contribution in [-0.2, 0) is 6.42 Å². The van der Waals surface area contributed by atoms with Crippen LogP contribution in [-0.4, -0.2) is 28.9 Å². The Labute approximate surface area is 146 Å². The van der Waals surface area contributed by atoms with Crippen molar-refractivity contribution in [2.45, 2.75) is 19.3 Å². The fourth-order valence-electron chi connectivity index (χ4n) is 3.06. The molecule has 3 nitrogen and oxygen atoms in total. The third kappa shape index (κ3) is 4.24. The van der Waals surface area contributed by atoms with Gasteiger partial charge in [0.2, 0.25) is 0 Å². The number of amides is 1. The number of aromatic nitrogens is 1. The minimum Gasteiger partial charge on any atom is -0.339 e. The van der Waals surface area contributed by atoms with Crippen LogP contribution in [0.1, 0.15) is 28.8 Å². The number of hydrogen-bond acceptors (Lipinski definition) is 2. The predicted molar refractivity (Wildman–Crippen MR) is 93.0 cm³/mol. The van der Waals surface area contributed by atoms with Crippen molar-refractivity contribution in [1.29, 1.82) is 0 Å². The summed E-state index contributed by atoms with van der Waals surface area (Å²) in [6.07, 6.45) is 3.12. The van der Waals surface area contributed by atoms with Gasteiger partial charge in [-0.05, 0) is 42.9 Å². The molecule has 0 atom stereocenters. The highest BCUT2D eigenvalue weighted by Gasteiger charge is 2.24. The monoisotopic (exact) mass is 348 g/mol. The maximum absolute atomic E-state index is 12.6. The minimum absolute atomic E-state index is 0.0191. The Balaban J connectivity index is 1.59. The van der Waals surface area contributed by atoms with Crippen molar-refractivity contribution in [3.8, 4) is 0 Å². The fraction of sp³-hybridized carbons (Fsp3) is 0.333. The number of rotatable bonds is 3. The van der Waals surface area contributed by atoms with Gasteiger partial charge >= 0.3 is 0 Å². The molecule has 23 heavy (non-hydrogen) atoms. The zero-order chi connectivity index (χ0) is 16.2. The van der Waals surface area contributed by atoms with Gasteiger partial charge in [-0.2, -0.15) is 0 Å². The molecule has 2 heterocycles. The van der Waals surface area contributed by atoms with Gasteiger partial charge in [-0.1, -0.05) is 53.5 Å². The molecule has 1 aliphatic heterocycles. The molecule has 5 heteroatoms. The van der Waals surface area contributed by atoms with Crippen molar-refractivity contribution in [2.75, 3.05) is 13.1 Å². The van der Waals surface area contributed by atoms with E-state index in [9.17, 15) is 4.79 Å². The van der Waals surface area contributed by atoms with Crippen LogP contribution in [0.3, 0.4) is 0 Å².